The number of nitrogens with zero attached hydrogens (tertiary/aromatic N) is 3. The number of anilines is 1. The first-order chi connectivity index (χ1) is 11.7. The summed E-state index contributed by atoms with van der Waals surface area (Å²) in [7, 11) is 0. The van der Waals surface area contributed by atoms with Gasteiger partial charge in [0.25, 0.3) is 0 Å². The highest BCUT2D eigenvalue weighted by Gasteiger charge is 2.43. The minimum atomic E-state index is -0.111. The van der Waals surface area contributed by atoms with Gasteiger partial charge < -0.3 is 10.2 Å². The molecule has 1 aromatic heterocycles. The molecule has 4 nitrogen and oxygen atoms in total. The molecule has 2 aliphatic rings. The number of piperidine rings is 1. The molecule has 0 bridgehead atoms. The summed E-state index contributed by atoms with van der Waals surface area (Å²) in [6, 6.07) is 9.62. The van der Waals surface area contributed by atoms with E-state index in [1.807, 2.05) is 30.6 Å². The molecule has 0 atom stereocenters. The Labute approximate surface area is 142 Å². The van der Waals surface area contributed by atoms with E-state index in [-0.39, 0.29) is 5.82 Å². The minimum absolute atomic E-state index is 0.111. The van der Waals surface area contributed by atoms with Gasteiger partial charge in [0.2, 0.25) is 0 Å². The third-order valence-corrected chi connectivity index (χ3v) is 5.47. The van der Waals surface area contributed by atoms with E-state index in [1.165, 1.54) is 12.8 Å². The van der Waals surface area contributed by atoms with E-state index in [1.54, 1.807) is 12.1 Å². The average Bonchev–Trinajstić information content (AvgIpc) is 3.18. The van der Waals surface area contributed by atoms with Crippen molar-refractivity contribution in [2.75, 3.05) is 24.5 Å². The van der Waals surface area contributed by atoms with Crippen LogP contribution in [0.3, 0.4) is 0 Å². The number of hydrogen-bond acceptors (Lipinski definition) is 3. The number of benzene rings is 1. The van der Waals surface area contributed by atoms with Crippen molar-refractivity contribution in [1.82, 2.24) is 15.1 Å². The summed E-state index contributed by atoms with van der Waals surface area (Å²) in [6.45, 7) is 3.92. The van der Waals surface area contributed by atoms with Gasteiger partial charge in [0, 0.05) is 50.0 Å². The van der Waals surface area contributed by atoms with Crippen LogP contribution in [0.4, 0.5) is 10.1 Å². The third-order valence-electron chi connectivity index (χ3n) is 5.47. The fraction of sp³-hybridized carbons (Fsp3) is 0.526. The van der Waals surface area contributed by atoms with Gasteiger partial charge in [-0.15, -0.1) is 0 Å². The van der Waals surface area contributed by atoms with Gasteiger partial charge in [-0.3, -0.25) is 4.68 Å². The molecule has 2 aromatic rings. The molecule has 0 radical (unpaired) electrons. The Morgan fingerprint density at radius 2 is 1.96 bits per heavy atom. The molecule has 1 N–H and O–H groups in total. The SMILES string of the molecule is Fc1ccccc1N1CCC(NCC2(Cn3cccn3)CC2)CC1. The molecule has 0 spiro atoms. The smallest absolute Gasteiger partial charge is 0.146 e. The molecule has 4 rings (SSSR count). The topological polar surface area (TPSA) is 33.1 Å². The molecule has 1 aliphatic heterocycles. The summed E-state index contributed by atoms with van der Waals surface area (Å²) >= 11 is 0. The van der Waals surface area contributed by atoms with Gasteiger partial charge >= 0.3 is 0 Å². The number of rotatable bonds is 6. The second-order valence-electron chi connectivity index (χ2n) is 7.30. The number of nitrogens with one attached hydrogen (secondary N) is 1. The fourth-order valence-electron chi connectivity index (χ4n) is 3.70. The summed E-state index contributed by atoms with van der Waals surface area (Å²) in [5.41, 5.74) is 1.14. The van der Waals surface area contributed by atoms with Gasteiger partial charge in [-0.05, 0) is 43.9 Å². The van der Waals surface area contributed by atoms with E-state index in [9.17, 15) is 4.39 Å². The Morgan fingerprint density at radius 3 is 2.62 bits per heavy atom. The van der Waals surface area contributed by atoms with Gasteiger partial charge in [-0.25, -0.2) is 4.39 Å². The largest absolute Gasteiger partial charge is 0.369 e. The molecule has 2 fully saturated rings. The summed E-state index contributed by atoms with van der Waals surface area (Å²) in [5.74, 6) is -0.111. The summed E-state index contributed by atoms with van der Waals surface area (Å²) < 4.78 is 15.9. The van der Waals surface area contributed by atoms with Gasteiger partial charge in [0.05, 0.1) is 5.69 Å². The van der Waals surface area contributed by atoms with Crippen LogP contribution in [-0.4, -0.2) is 35.5 Å². The zero-order valence-corrected chi connectivity index (χ0v) is 14.0. The Hall–Kier alpha value is -1.88. The Balaban J connectivity index is 1.26. The average molecular weight is 328 g/mol. The van der Waals surface area contributed by atoms with E-state index >= 15 is 0 Å². The maximum Gasteiger partial charge on any atom is 0.146 e. The van der Waals surface area contributed by atoms with Crippen molar-refractivity contribution < 1.29 is 4.39 Å². The molecule has 128 valence electrons. The highest BCUT2D eigenvalue weighted by molar-refractivity contribution is 5.47. The van der Waals surface area contributed by atoms with Crippen LogP contribution in [0.15, 0.2) is 42.7 Å². The zero-order chi connectivity index (χ0) is 16.4. The lowest BCUT2D eigenvalue weighted by Crippen LogP contribution is -2.44. The molecule has 1 saturated heterocycles. The van der Waals surface area contributed by atoms with Crippen molar-refractivity contribution in [3.8, 4) is 0 Å². The number of halogens is 1. The van der Waals surface area contributed by atoms with Crippen LogP contribution in [0.1, 0.15) is 25.7 Å². The van der Waals surface area contributed by atoms with Crippen LogP contribution in [0.5, 0.6) is 0 Å². The molecule has 2 heterocycles. The van der Waals surface area contributed by atoms with Crippen LogP contribution >= 0.6 is 0 Å². The minimum Gasteiger partial charge on any atom is -0.369 e. The van der Waals surface area contributed by atoms with Gasteiger partial charge in [-0.2, -0.15) is 5.10 Å². The van der Waals surface area contributed by atoms with Crippen LogP contribution in [0, 0.1) is 11.2 Å². The lowest BCUT2D eigenvalue weighted by molar-refractivity contribution is 0.327. The van der Waals surface area contributed by atoms with E-state index in [0.29, 0.717) is 11.5 Å². The first-order valence-electron chi connectivity index (χ1n) is 8.94. The monoisotopic (exact) mass is 328 g/mol. The van der Waals surface area contributed by atoms with E-state index in [0.717, 1.165) is 44.7 Å². The summed E-state index contributed by atoms with van der Waals surface area (Å²) in [5, 5.41) is 8.10. The molecule has 0 unspecified atom stereocenters. The van der Waals surface area contributed by atoms with E-state index < -0.39 is 0 Å². The second kappa shape index (κ2) is 6.55. The van der Waals surface area contributed by atoms with E-state index in [4.69, 9.17) is 0 Å². The Kier molecular flexibility index (Phi) is 4.27. The van der Waals surface area contributed by atoms with Crippen molar-refractivity contribution in [3.05, 3.63) is 48.5 Å². The number of aromatic nitrogens is 2. The molecule has 1 aliphatic carbocycles. The summed E-state index contributed by atoms with van der Waals surface area (Å²) in [6.07, 6.45) is 8.62. The lowest BCUT2D eigenvalue weighted by Gasteiger charge is -2.35. The number of hydrogen-bond donors (Lipinski definition) is 1. The third kappa shape index (κ3) is 3.46. The second-order valence-corrected chi connectivity index (χ2v) is 7.30. The maximum absolute atomic E-state index is 13.9. The molecular formula is C19H25FN4. The fourth-order valence-corrected chi connectivity index (χ4v) is 3.70. The predicted octanol–water partition coefficient (Wildman–Crippen LogP) is 3.06. The van der Waals surface area contributed by atoms with Crippen LogP contribution in [0.25, 0.3) is 0 Å². The zero-order valence-electron chi connectivity index (χ0n) is 14.0. The van der Waals surface area contributed by atoms with Crippen molar-refractivity contribution >= 4 is 5.69 Å². The number of para-hydroxylation sites is 1. The highest BCUT2D eigenvalue weighted by Crippen LogP contribution is 2.46. The Morgan fingerprint density at radius 1 is 1.17 bits per heavy atom. The van der Waals surface area contributed by atoms with Crippen LogP contribution < -0.4 is 10.2 Å². The van der Waals surface area contributed by atoms with Crippen LogP contribution in [-0.2, 0) is 6.54 Å². The van der Waals surface area contributed by atoms with Crippen molar-refractivity contribution in [3.63, 3.8) is 0 Å². The first-order valence-corrected chi connectivity index (χ1v) is 8.94. The van der Waals surface area contributed by atoms with Crippen molar-refractivity contribution in [2.45, 2.75) is 38.3 Å². The summed E-state index contributed by atoms with van der Waals surface area (Å²) in [4.78, 5) is 2.17. The normalized spacial score (nSPS) is 20.3. The van der Waals surface area contributed by atoms with Crippen LogP contribution in [0.2, 0.25) is 0 Å². The maximum atomic E-state index is 13.9. The molecule has 24 heavy (non-hydrogen) atoms. The molecule has 5 heteroatoms. The standard InChI is InChI=1S/C19H25FN4/c20-17-4-1-2-5-18(17)23-12-6-16(7-13-23)21-14-19(8-9-19)15-24-11-3-10-22-24/h1-5,10-11,16,21H,6-9,12-15H2. The van der Waals surface area contributed by atoms with Crippen molar-refractivity contribution in [2.24, 2.45) is 5.41 Å². The first kappa shape index (κ1) is 15.6. The van der Waals surface area contributed by atoms with E-state index in [2.05, 4.69) is 20.0 Å². The lowest BCUT2D eigenvalue weighted by atomic mass is 10.0. The molecule has 0 amide bonds. The van der Waals surface area contributed by atoms with Gasteiger partial charge in [0.15, 0.2) is 0 Å². The molecular weight excluding hydrogens is 303 g/mol. The highest BCUT2D eigenvalue weighted by atomic mass is 19.1. The van der Waals surface area contributed by atoms with Gasteiger partial charge in [-0.1, -0.05) is 12.1 Å². The molecule has 1 aromatic carbocycles. The predicted molar refractivity (Wildman–Crippen MR) is 93.5 cm³/mol. The van der Waals surface area contributed by atoms with Gasteiger partial charge in [0.1, 0.15) is 5.82 Å². The quantitative estimate of drug-likeness (QED) is 0.885. The Bertz CT molecular complexity index is 658. The molecule has 1 saturated carbocycles. The van der Waals surface area contributed by atoms with Crippen molar-refractivity contribution in [1.29, 1.82) is 0 Å².